The predicted molar refractivity (Wildman–Crippen MR) is 116 cm³/mol. The van der Waals surface area contributed by atoms with Crippen LogP contribution in [-0.4, -0.2) is 31.4 Å². The standard InChI is InChI=1S/C24H29N3O2/c28-23(10-7-18-11-14-25-15-12-18)26-21-8-5-19(6-9-21)17-24(29)27-16-13-20-3-1-2-4-22(20)27/h1-6,8-9,18,25H,7,10-17H2,(H,26,28). The summed E-state index contributed by atoms with van der Waals surface area (Å²) in [4.78, 5) is 26.8. The summed E-state index contributed by atoms with van der Waals surface area (Å²) < 4.78 is 0. The Kier molecular flexibility index (Phi) is 6.25. The number of hydrogen-bond donors (Lipinski definition) is 2. The summed E-state index contributed by atoms with van der Waals surface area (Å²) in [7, 11) is 0. The van der Waals surface area contributed by atoms with Crippen molar-refractivity contribution in [2.24, 2.45) is 5.92 Å². The van der Waals surface area contributed by atoms with Crippen molar-refractivity contribution < 1.29 is 9.59 Å². The van der Waals surface area contributed by atoms with Crippen molar-refractivity contribution in [3.63, 3.8) is 0 Å². The van der Waals surface area contributed by atoms with E-state index < -0.39 is 0 Å². The average molecular weight is 392 g/mol. The molecule has 5 nitrogen and oxygen atoms in total. The molecule has 4 rings (SSSR count). The molecule has 2 amide bonds. The van der Waals surface area contributed by atoms with Gasteiger partial charge in [0.15, 0.2) is 0 Å². The summed E-state index contributed by atoms with van der Waals surface area (Å²) in [6, 6.07) is 15.8. The fourth-order valence-electron chi connectivity index (χ4n) is 4.30. The zero-order valence-electron chi connectivity index (χ0n) is 16.8. The number of anilines is 2. The van der Waals surface area contributed by atoms with Crippen LogP contribution >= 0.6 is 0 Å². The van der Waals surface area contributed by atoms with Gasteiger partial charge < -0.3 is 15.5 Å². The number of fused-ring (bicyclic) bond motifs is 1. The quantitative estimate of drug-likeness (QED) is 0.792. The molecule has 2 aromatic rings. The minimum Gasteiger partial charge on any atom is -0.326 e. The number of piperidine rings is 1. The SMILES string of the molecule is O=C(CCC1CCNCC1)Nc1ccc(CC(=O)N2CCc3ccccc32)cc1. The first kappa shape index (κ1) is 19.6. The Labute approximate surface area is 172 Å². The number of carbonyl (C=O) groups is 2. The van der Waals surface area contributed by atoms with E-state index in [0.29, 0.717) is 18.8 Å². The highest BCUT2D eigenvalue weighted by Gasteiger charge is 2.24. The lowest BCUT2D eigenvalue weighted by Crippen LogP contribution is -2.30. The lowest BCUT2D eigenvalue weighted by Gasteiger charge is -2.22. The summed E-state index contributed by atoms with van der Waals surface area (Å²) in [5.41, 5.74) is 4.04. The Morgan fingerprint density at radius 1 is 1.03 bits per heavy atom. The third-order valence-corrected chi connectivity index (χ3v) is 6.02. The van der Waals surface area contributed by atoms with Crippen molar-refractivity contribution in [3.05, 3.63) is 59.7 Å². The van der Waals surface area contributed by atoms with Crippen LogP contribution in [0.3, 0.4) is 0 Å². The van der Waals surface area contributed by atoms with Crippen molar-refractivity contribution in [1.82, 2.24) is 5.32 Å². The van der Waals surface area contributed by atoms with Crippen LogP contribution in [0.4, 0.5) is 11.4 Å². The highest BCUT2D eigenvalue weighted by molar-refractivity contribution is 5.97. The van der Waals surface area contributed by atoms with Crippen LogP contribution in [0.1, 0.15) is 36.8 Å². The van der Waals surface area contributed by atoms with E-state index in [1.165, 1.54) is 5.56 Å². The molecule has 0 saturated carbocycles. The topological polar surface area (TPSA) is 61.4 Å². The van der Waals surface area contributed by atoms with E-state index in [9.17, 15) is 9.59 Å². The molecule has 1 fully saturated rings. The summed E-state index contributed by atoms with van der Waals surface area (Å²) in [5.74, 6) is 0.848. The normalized spacial score (nSPS) is 16.5. The van der Waals surface area contributed by atoms with Gasteiger partial charge in [0.1, 0.15) is 0 Å². The van der Waals surface area contributed by atoms with E-state index in [4.69, 9.17) is 0 Å². The Morgan fingerprint density at radius 3 is 2.59 bits per heavy atom. The Balaban J connectivity index is 1.27. The Morgan fingerprint density at radius 2 is 1.79 bits per heavy atom. The number of amides is 2. The van der Waals surface area contributed by atoms with E-state index in [-0.39, 0.29) is 11.8 Å². The molecule has 0 bridgehead atoms. The van der Waals surface area contributed by atoms with Gasteiger partial charge in [-0.2, -0.15) is 0 Å². The van der Waals surface area contributed by atoms with Crippen LogP contribution in [0.25, 0.3) is 0 Å². The van der Waals surface area contributed by atoms with Gasteiger partial charge in [-0.3, -0.25) is 9.59 Å². The first-order valence-corrected chi connectivity index (χ1v) is 10.7. The maximum atomic E-state index is 12.7. The van der Waals surface area contributed by atoms with Crippen LogP contribution in [0.15, 0.2) is 48.5 Å². The number of nitrogens with one attached hydrogen (secondary N) is 2. The number of nitrogens with zero attached hydrogens (tertiary/aromatic N) is 1. The molecule has 1 saturated heterocycles. The second kappa shape index (κ2) is 9.23. The minimum absolute atomic E-state index is 0.0704. The fraction of sp³-hybridized carbons (Fsp3) is 0.417. The summed E-state index contributed by atoms with van der Waals surface area (Å²) in [6.07, 6.45) is 5.15. The van der Waals surface area contributed by atoms with Crippen molar-refractivity contribution in [2.75, 3.05) is 29.9 Å². The molecule has 29 heavy (non-hydrogen) atoms. The zero-order chi connectivity index (χ0) is 20.1. The third-order valence-electron chi connectivity index (χ3n) is 6.02. The van der Waals surface area contributed by atoms with Crippen molar-refractivity contribution in [2.45, 2.75) is 38.5 Å². The van der Waals surface area contributed by atoms with Gasteiger partial charge in [-0.15, -0.1) is 0 Å². The van der Waals surface area contributed by atoms with Crippen LogP contribution in [-0.2, 0) is 22.4 Å². The average Bonchev–Trinajstić information content (AvgIpc) is 3.19. The smallest absolute Gasteiger partial charge is 0.231 e. The van der Waals surface area contributed by atoms with Gasteiger partial charge in [-0.1, -0.05) is 30.3 Å². The summed E-state index contributed by atoms with van der Waals surface area (Å²) >= 11 is 0. The molecule has 5 heteroatoms. The van der Waals surface area contributed by atoms with E-state index in [0.717, 1.165) is 62.3 Å². The Hall–Kier alpha value is -2.66. The lowest BCUT2D eigenvalue weighted by atomic mass is 9.93. The third kappa shape index (κ3) is 5.04. The fourth-order valence-corrected chi connectivity index (χ4v) is 4.30. The highest BCUT2D eigenvalue weighted by Crippen LogP contribution is 2.28. The molecule has 0 aliphatic carbocycles. The molecule has 2 aromatic carbocycles. The molecule has 2 aliphatic heterocycles. The molecule has 2 heterocycles. The minimum atomic E-state index is 0.0704. The molecular weight excluding hydrogens is 362 g/mol. The summed E-state index contributed by atoms with van der Waals surface area (Å²) in [6.45, 7) is 2.88. The molecule has 2 aliphatic rings. The number of carbonyl (C=O) groups excluding carboxylic acids is 2. The van der Waals surface area contributed by atoms with Gasteiger partial charge in [-0.05, 0) is 74.0 Å². The molecule has 0 atom stereocenters. The largest absolute Gasteiger partial charge is 0.326 e. The zero-order valence-corrected chi connectivity index (χ0v) is 16.8. The van der Waals surface area contributed by atoms with Gasteiger partial charge in [0, 0.05) is 24.3 Å². The van der Waals surface area contributed by atoms with Crippen LogP contribution in [0, 0.1) is 5.92 Å². The molecule has 0 aromatic heterocycles. The maximum absolute atomic E-state index is 12.7. The first-order chi connectivity index (χ1) is 14.2. The van der Waals surface area contributed by atoms with Gasteiger partial charge >= 0.3 is 0 Å². The van der Waals surface area contributed by atoms with E-state index in [2.05, 4.69) is 16.7 Å². The molecule has 0 radical (unpaired) electrons. The number of hydrogen-bond acceptors (Lipinski definition) is 3. The second-order valence-corrected chi connectivity index (χ2v) is 8.08. The van der Waals surface area contributed by atoms with Crippen LogP contribution in [0.2, 0.25) is 0 Å². The first-order valence-electron chi connectivity index (χ1n) is 10.7. The number of benzene rings is 2. The molecular formula is C24H29N3O2. The van der Waals surface area contributed by atoms with Crippen molar-refractivity contribution in [1.29, 1.82) is 0 Å². The van der Waals surface area contributed by atoms with Crippen molar-refractivity contribution in [3.8, 4) is 0 Å². The number of rotatable bonds is 6. The summed E-state index contributed by atoms with van der Waals surface area (Å²) in [5, 5.41) is 6.34. The van der Waals surface area contributed by atoms with Gasteiger partial charge in [0.2, 0.25) is 11.8 Å². The monoisotopic (exact) mass is 391 g/mol. The van der Waals surface area contributed by atoms with Crippen molar-refractivity contribution >= 4 is 23.2 Å². The second-order valence-electron chi connectivity index (χ2n) is 8.08. The lowest BCUT2D eigenvalue weighted by molar-refractivity contribution is -0.118. The van der Waals surface area contributed by atoms with Crippen LogP contribution in [0.5, 0.6) is 0 Å². The van der Waals surface area contributed by atoms with Gasteiger partial charge in [0.25, 0.3) is 0 Å². The molecule has 0 spiro atoms. The Bertz CT molecular complexity index is 857. The van der Waals surface area contributed by atoms with E-state index >= 15 is 0 Å². The maximum Gasteiger partial charge on any atom is 0.231 e. The molecule has 0 unspecified atom stereocenters. The van der Waals surface area contributed by atoms with E-state index in [1.807, 2.05) is 47.4 Å². The molecule has 2 N–H and O–H groups in total. The van der Waals surface area contributed by atoms with Crippen LogP contribution < -0.4 is 15.5 Å². The predicted octanol–water partition coefficient (Wildman–Crippen LogP) is 3.54. The highest BCUT2D eigenvalue weighted by atomic mass is 16.2. The number of para-hydroxylation sites is 1. The van der Waals surface area contributed by atoms with Gasteiger partial charge in [0.05, 0.1) is 6.42 Å². The molecule has 152 valence electrons. The van der Waals surface area contributed by atoms with E-state index in [1.54, 1.807) is 0 Å². The van der Waals surface area contributed by atoms with Gasteiger partial charge in [-0.25, -0.2) is 0 Å².